The van der Waals surface area contributed by atoms with E-state index in [1.54, 1.807) is 75.6 Å². The van der Waals surface area contributed by atoms with E-state index in [-0.39, 0.29) is 65.6 Å². The van der Waals surface area contributed by atoms with E-state index < -0.39 is 24.0 Å². The van der Waals surface area contributed by atoms with Crippen LogP contribution < -0.4 is 29.6 Å². The second kappa shape index (κ2) is 27.1. The van der Waals surface area contributed by atoms with E-state index in [0.29, 0.717) is 44.2 Å². The molecule has 0 aliphatic rings. The highest BCUT2D eigenvalue weighted by Gasteiger charge is 2.21. The number of carboxylic acid groups (broad SMARTS) is 2. The van der Waals surface area contributed by atoms with Gasteiger partial charge in [0.25, 0.3) is 0 Å². The molecule has 6 aromatic rings. The van der Waals surface area contributed by atoms with E-state index in [2.05, 4.69) is 30.6 Å². The van der Waals surface area contributed by atoms with E-state index in [9.17, 15) is 30.0 Å². The van der Waals surface area contributed by atoms with Gasteiger partial charge < -0.3 is 50.0 Å². The van der Waals surface area contributed by atoms with Crippen molar-refractivity contribution in [3.8, 4) is 34.1 Å². The van der Waals surface area contributed by atoms with E-state index in [1.165, 1.54) is 0 Å². The minimum Gasteiger partial charge on any atom is -0.488 e. The summed E-state index contributed by atoms with van der Waals surface area (Å²) in [5, 5.41) is 44.8. The second-order valence-corrected chi connectivity index (χ2v) is 17.5. The van der Waals surface area contributed by atoms with Gasteiger partial charge in [0, 0.05) is 123 Å². The van der Waals surface area contributed by atoms with Gasteiger partial charge in [-0.2, -0.15) is 0 Å². The predicted molar refractivity (Wildman–Crippen MR) is 277 cm³/mol. The maximum absolute atomic E-state index is 11.9. The second-order valence-electron chi connectivity index (χ2n) is 16.7. The van der Waals surface area contributed by atoms with Crippen LogP contribution in [-0.4, -0.2) is 94.2 Å². The number of aromatic nitrogens is 2. The van der Waals surface area contributed by atoms with Crippen LogP contribution in [0.3, 0.4) is 0 Å². The van der Waals surface area contributed by atoms with E-state index in [1.807, 2.05) is 62.4 Å². The molecule has 0 fully saturated rings. The van der Waals surface area contributed by atoms with Gasteiger partial charge in [-0.05, 0) is 84.3 Å². The Hall–Kier alpha value is -6.92. The van der Waals surface area contributed by atoms with Crippen LogP contribution in [-0.2, 0) is 49.1 Å². The Bertz CT molecular complexity index is 2690. The summed E-state index contributed by atoms with van der Waals surface area (Å²) in [7, 11) is 3.35. The third kappa shape index (κ3) is 15.1. The molecule has 16 nitrogen and oxygen atoms in total. The summed E-state index contributed by atoms with van der Waals surface area (Å²) < 4.78 is 25.4. The molecule has 6 N–H and O–H groups in total. The Balaban J connectivity index is 1.21. The Kier molecular flexibility index (Phi) is 20.4. The zero-order valence-electron chi connectivity index (χ0n) is 40.4. The molecule has 0 radical (unpaired) electrons. The molecule has 0 aliphatic carbocycles. The maximum atomic E-state index is 11.9. The summed E-state index contributed by atoms with van der Waals surface area (Å²) in [4.78, 5) is 40.4. The van der Waals surface area contributed by atoms with Gasteiger partial charge in [-0.1, -0.05) is 59.6 Å². The first kappa shape index (κ1) is 54.4. The van der Waals surface area contributed by atoms with Gasteiger partial charge in [-0.25, -0.2) is 0 Å². The highest BCUT2D eigenvalue weighted by molar-refractivity contribution is 6.32. The van der Waals surface area contributed by atoms with Crippen LogP contribution in [0.1, 0.15) is 68.5 Å². The molecular weight excluding hydrogens is 964 g/mol. The molecule has 0 spiro atoms. The normalized spacial score (nSPS) is 12.3. The highest BCUT2D eigenvalue weighted by Crippen LogP contribution is 2.37. The molecule has 0 saturated carbocycles. The third-order valence-electron chi connectivity index (χ3n) is 11.7. The van der Waals surface area contributed by atoms with Gasteiger partial charge in [0.1, 0.15) is 61.5 Å². The molecule has 0 amide bonds. The topological polar surface area (TPSA) is 227 Å². The molecule has 2 atom stereocenters. The van der Waals surface area contributed by atoms with Crippen LogP contribution >= 0.6 is 23.2 Å². The van der Waals surface area contributed by atoms with Gasteiger partial charge in [0.2, 0.25) is 0 Å². The van der Waals surface area contributed by atoms with E-state index >= 15 is 0 Å². The van der Waals surface area contributed by atoms with Crippen molar-refractivity contribution in [2.24, 2.45) is 9.98 Å². The number of aliphatic carboxylic acids is 2. The number of nitrogens with zero attached hydrogens (tertiary/aromatic N) is 4. The Morgan fingerprint density at radius 3 is 1.36 bits per heavy atom. The van der Waals surface area contributed by atoms with Gasteiger partial charge in [0.15, 0.2) is 0 Å². The van der Waals surface area contributed by atoms with Crippen molar-refractivity contribution in [2.45, 2.75) is 78.3 Å². The number of rotatable bonds is 27. The minimum absolute atomic E-state index is 0.0200. The first-order valence-corrected chi connectivity index (χ1v) is 23.8. The summed E-state index contributed by atoms with van der Waals surface area (Å²) in [5.41, 5.74) is 10.2. The first-order chi connectivity index (χ1) is 34.8. The molecular formula is C54H58Cl2N6O10. The summed E-state index contributed by atoms with van der Waals surface area (Å²) in [5.74, 6) is -0.606. The molecule has 72 heavy (non-hydrogen) atoms. The van der Waals surface area contributed by atoms with Crippen LogP contribution in [0.2, 0.25) is 10.0 Å². The number of pyridine rings is 2. The molecule has 0 aliphatic heterocycles. The first-order valence-electron chi connectivity index (χ1n) is 23.0. The molecule has 378 valence electrons. The summed E-state index contributed by atoms with van der Waals surface area (Å²) in [6.45, 7) is 4.28. The van der Waals surface area contributed by atoms with Crippen molar-refractivity contribution in [1.82, 2.24) is 20.6 Å². The zero-order valence-corrected chi connectivity index (χ0v) is 41.9. The standard InChI is InChI=1S/C54H58Cl2N6O10/c1-33-39(31-71-51-19-49(69-29-37-15-35(21-57-3)23-59-25-37)41(17-45(51)55)27-61-47(11-13-63)53(65)66)7-5-9-43(33)44-10-6-8-40(34(44)2)32-72-52-20-50(70-30-38-16-36(22-58-4)24-60-26-38)42(18-46(52)56)28-62-48(12-14-64)54(67)68/h5-10,15-26,47-48,61-64H,11-14,27-32H2,1-4H3,(H,65,66)(H,67,68)/t47-,48-/m0/s1. The molecule has 2 aromatic heterocycles. The molecule has 18 heteroatoms. The summed E-state index contributed by atoms with van der Waals surface area (Å²) >= 11 is 13.7. The van der Waals surface area contributed by atoms with Crippen molar-refractivity contribution in [3.63, 3.8) is 0 Å². The number of carbonyl (C=O) groups is 2. The quantitative estimate of drug-likeness (QED) is 0.0267. The fourth-order valence-corrected chi connectivity index (χ4v) is 8.26. The number of halogens is 2. The largest absolute Gasteiger partial charge is 0.488 e. The number of hydrogen-bond donors (Lipinski definition) is 6. The summed E-state index contributed by atoms with van der Waals surface area (Å²) in [6, 6.07) is 20.6. The number of aliphatic imine (C=N–C) groups is 2. The molecule has 0 unspecified atom stereocenters. The number of aliphatic hydroxyl groups is 2. The van der Waals surface area contributed by atoms with Crippen molar-refractivity contribution >= 4 is 47.6 Å². The van der Waals surface area contributed by atoms with Gasteiger partial charge >= 0.3 is 11.9 Å². The van der Waals surface area contributed by atoms with Crippen molar-refractivity contribution in [2.75, 3.05) is 27.3 Å². The van der Waals surface area contributed by atoms with Crippen molar-refractivity contribution < 1.29 is 49.0 Å². The number of ether oxygens (including phenoxy) is 4. The number of nitrogens with one attached hydrogen (secondary N) is 2. The highest BCUT2D eigenvalue weighted by atomic mass is 35.5. The van der Waals surface area contributed by atoms with Crippen molar-refractivity contribution in [1.29, 1.82) is 0 Å². The zero-order chi connectivity index (χ0) is 51.6. The molecule has 0 saturated heterocycles. The van der Waals surface area contributed by atoms with Gasteiger partial charge in [-0.3, -0.25) is 29.5 Å². The average Bonchev–Trinajstić information content (AvgIpc) is 3.36. The SMILES string of the molecule is CN=Cc1cncc(COc2cc(OCc3cccc(-c4cccc(COc5cc(OCc6cncc(C=NC)c6)c(CN[C@@H](CCO)C(=O)O)cc5Cl)c4C)c3C)c(Cl)cc2CN[C@@H](CCO)C(=O)O)c1. The average molecular weight is 1020 g/mol. The smallest absolute Gasteiger partial charge is 0.320 e. The fraction of sp³-hybridized carbons (Fsp3) is 0.296. The van der Waals surface area contributed by atoms with Crippen LogP contribution in [0.15, 0.2) is 108 Å². The molecule has 4 aromatic carbocycles. The van der Waals surface area contributed by atoms with Crippen LogP contribution in [0.4, 0.5) is 0 Å². The Labute approximate surface area is 428 Å². The minimum atomic E-state index is -1.09. The van der Waals surface area contributed by atoms with Crippen LogP contribution in [0, 0.1) is 13.8 Å². The number of aliphatic hydroxyl groups excluding tert-OH is 2. The number of hydrogen-bond acceptors (Lipinski definition) is 14. The lowest BCUT2D eigenvalue weighted by atomic mass is 9.92. The fourth-order valence-electron chi connectivity index (χ4n) is 7.78. The lowest BCUT2D eigenvalue weighted by molar-refractivity contribution is -0.140. The van der Waals surface area contributed by atoms with E-state index in [4.69, 9.17) is 42.1 Å². The monoisotopic (exact) mass is 1020 g/mol. The molecule has 6 rings (SSSR count). The van der Waals surface area contributed by atoms with Gasteiger partial charge in [-0.15, -0.1) is 0 Å². The number of carboxylic acids is 2. The number of benzene rings is 4. The Morgan fingerprint density at radius 1 is 0.583 bits per heavy atom. The molecule has 0 bridgehead atoms. The lowest BCUT2D eigenvalue weighted by Crippen LogP contribution is -2.37. The third-order valence-corrected chi connectivity index (χ3v) is 12.3. The Morgan fingerprint density at radius 2 is 0.986 bits per heavy atom. The van der Waals surface area contributed by atoms with Crippen LogP contribution in [0.5, 0.6) is 23.0 Å². The molecule has 2 heterocycles. The maximum Gasteiger partial charge on any atom is 0.320 e. The lowest BCUT2D eigenvalue weighted by Gasteiger charge is -2.20. The van der Waals surface area contributed by atoms with E-state index in [0.717, 1.165) is 55.6 Å². The van der Waals surface area contributed by atoms with Crippen LogP contribution in [0.25, 0.3) is 11.1 Å². The van der Waals surface area contributed by atoms with Gasteiger partial charge in [0.05, 0.1) is 10.0 Å². The predicted octanol–water partition coefficient (Wildman–Crippen LogP) is 8.33. The summed E-state index contributed by atoms with van der Waals surface area (Å²) in [6.07, 6.45) is 10.2. The van der Waals surface area contributed by atoms with Crippen molar-refractivity contribution in [3.05, 3.63) is 163 Å².